The van der Waals surface area contributed by atoms with E-state index in [-0.39, 0.29) is 19.1 Å². The second kappa shape index (κ2) is 7.26. The molecule has 1 aliphatic carbocycles. The van der Waals surface area contributed by atoms with Crippen molar-refractivity contribution in [2.45, 2.75) is 5.92 Å². The third-order valence-corrected chi connectivity index (χ3v) is 4.56. The van der Waals surface area contributed by atoms with E-state index in [0.29, 0.717) is 11.4 Å². The normalized spacial score (nSPS) is 11.9. The molecular formula is C21H18N4O2. The summed E-state index contributed by atoms with van der Waals surface area (Å²) in [6.07, 6.45) is 1.04. The van der Waals surface area contributed by atoms with E-state index < -0.39 is 6.09 Å². The number of rotatable bonds is 3. The number of nitrogens with zero attached hydrogens (tertiary/aromatic N) is 1. The summed E-state index contributed by atoms with van der Waals surface area (Å²) in [7, 11) is 0. The highest BCUT2D eigenvalue weighted by molar-refractivity contribution is 5.79. The van der Waals surface area contributed by atoms with Crippen LogP contribution < -0.4 is 11.1 Å². The van der Waals surface area contributed by atoms with Crippen molar-refractivity contribution in [2.24, 2.45) is 0 Å². The molecule has 6 nitrogen and oxygen atoms in total. The number of carbonyl (C=O) groups excluding carboxylic acids is 1. The smallest absolute Gasteiger partial charge is 0.407 e. The van der Waals surface area contributed by atoms with Crippen LogP contribution >= 0.6 is 0 Å². The minimum Gasteiger partial charge on any atom is -0.449 e. The second-order valence-corrected chi connectivity index (χ2v) is 6.18. The number of hydrogen-bond acceptors (Lipinski definition) is 4. The summed E-state index contributed by atoms with van der Waals surface area (Å²) in [6, 6.07) is 16.4. The molecule has 2 aromatic carbocycles. The summed E-state index contributed by atoms with van der Waals surface area (Å²) in [5, 5.41) is 9.01. The fourth-order valence-electron chi connectivity index (χ4n) is 3.30. The van der Waals surface area contributed by atoms with Crippen LogP contribution in [0.5, 0.6) is 0 Å². The van der Waals surface area contributed by atoms with Crippen molar-refractivity contribution >= 4 is 11.9 Å². The number of nitrogen functional groups attached to an aromatic ring is 1. The van der Waals surface area contributed by atoms with Crippen LogP contribution in [-0.2, 0) is 4.74 Å². The van der Waals surface area contributed by atoms with Gasteiger partial charge in [-0.15, -0.1) is 0 Å². The molecule has 3 aromatic rings. The van der Waals surface area contributed by atoms with E-state index in [0.717, 1.165) is 0 Å². The lowest BCUT2D eigenvalue weighted by atomic mass is 9.98. The van der Waals surface area contributed by atoms with Crippen LogP contribution in [0.3, 0.4) is 0 Å². The molecule has 6 heteroatoms. The van der Waals surface area contributed by atoms with Crippen LogP contribution in [0.1, 0.15) is 22.6 Å². The van der Waals surface area contributed by atoms with Crippen molar-refractivity contribution in [1.29, 1.82) is 0 Å². The molecule has 0 saturated carbocycles. The number of fused-ring (bicyclic) bond motifs is 3. The van der Waals surface area contributed by atoms with Gasteiger partial charge in [0.15, 0.2) is 0 Å². The lowest BCUT2D eigenvalue weighted by Crippen LogP contribution is -2.26. The Morgan fingerprint density at radius 3 is 2.44 bits per heavy atom. The monoisotopic (exact) mass is 358 g/mol. The zero-order chi connectivity index (χ0) is 18.6. The van der Waals surface area contributed by atoms with Gasteiger partial charge in [-0.1, -0.05) is 60.4 Å². The molecule has 0 atom stereocenters. The molecular weight excluding hydrogens is 340 g/mol. The predicted octanol–water partition coefficient (Wildman–Crippen LogP) is 2.88. The summed E-state index contributed by atoms with van der Waals surface area (Å²) >= 11 is 0. The molecule has 1 amide bonds. The highest BCUT2D eigenvalue weighted by atomic mass is 16.5. The molecule has 0 saturated heterocycles. The van der Waals surface area contributed by atoms with E-state index in [4.69, 9.17) is 10.5 Å². The molecule has 1 aromatic heterocycles. The molecule has 1 aliphatic rings. The SMILES string of the molecule is Nc1[nH]ncc1C#CCNC(=O)OCC1c2ccccc2-c2ccccc21. The van der Waals surface area contributed by atoms with E-state index in [2.05, 4.69) is 51.6 Å². The predicted molar refractivity (Wildman–Crippen MR) is 103 cm³/mol. The molecule has 0 bridgehead atoms. The minimum absolute atomic E-state index is 0.0416. The number of amides is 1. The summed E-state index contributed by atoms with van der Waals surface area (Å²) < 4.78 is 5.44. The van der Waals surface area contributed by atoms with Gasteiger partial charge >= 0.3 is 6.09 Å². The zero-order valence-electron chi connectivity index (χ0n) is 14.5. The van der Waals surface area contributed by atoms with Gasteiger partial charge in [0, 0.05) is 5.92 Å². The summed E-state index contributed by atoms with van der Waals surface area (Å²) in [6.45, 7) is 0.448. The van der Waals surface area contributed by atoms with E-state index >= 15 is 0 Å². The molecule has 4 N–H and O–H groups in total. The Morgan fingerprint density at radius 1 is 1.15 bits per heavy atom. The van der Waals surface area contributed by atoms with Gasteiger partial charge in [0.25, 0.3) is 0 Å². The fraction of sp³-hybridized carbons (Fsp3) is 0.143. The van der Waals surface area contributed by atoms with Crippen LogP contribution in [0.15, 0.2) is 54.7 Å². The summed E-state index contributed by atoms with van der Waals surface area (Å²) in [4.78, 5) is 12.0. The van der Waals surface area contributed by atoms with E-state index in [1.165, 1.54) is 28.5 Å². The van der Waals surface area contributed by atoms with Crippen molar-refractivity contribution in [1.82, 2.24) is 15.5 Å². The van der Waals surface area contributed by atoms with Gasteiger partial charge in [-0.3, -0.25) is 5.10 Å². The standard InChI is InChI=1S/C21H18N4O2/c22-20-14(12-24-25-20)6-5-11-23-21(26)27-13-19-17-9-3-1-7-15(17)16-8-2-4-10-18(16)19/h1-4,7-10,12,19H,11,13H2,(H,23,26)(H3,22,24,25). The first-order valence-corrected chi connectivity index (χ1v) is 8.60. The van der Waals surface area contributed by atoms with Crippen molar-refractivity contribution in [3.05, 3.63) is 71.4 Å². The Morgan fingerprint density at radius 2 is 1.81 bits per heavy atom. The zero-order valence-corrected chi connectivity index (χ0v) is 14.5. The molecule has 1 heterocycles. The van der Waals surface area contributed by atoms with E-state index in [1.54, 1.807) is 0 Å². The van der Waals surface area contributed by atoms with Gasteiger partial charge in [0.1, 0.15) is 12.4 Å². The number of anilines is 1. The Kier molecular flexibility index (Phi) is 4.50. The average Bonchev–Trinajstić information content (AvgIpc) is 3.25. The first-order valence-electron chi connectivity index (χ1n) is 8.60. The topological polar surface area (TPSA) is 93.0 Å². The van der Waals surface area contributed by atoms with E-state index in [1.807, 2.05) is 24.3 Å². The van der Waals surface area contributed by atoms with Crippen molar-refractivity contribution in [2.75, 3.05) is 18.9 Å². The first-order chi connectivity index (χ1) is 13.2. The summed E-state index contributed by atoms with van der Waals surface area (Å²) in [5.74, 6) is 6.10. The number of H-pyrrole nitrogens is 1. The Balaban J connectivity index is 1.37. The molecule has 27 heavy (non-hydrogen) atoms. The number of nitrogens with two attached hydrogens (primary N) is 1. The van der Waals surface area contributed by atoms with Crippen molar-refractivity contribution in [3.63, 3.8) is 0 Å². The summed E-state index contributed by atoms with van der Waals surface area (Å²) in [5.41, 5.74) is 11.0. The quantitative estimate of drug-likeness (QED) is 0.628. The van der Waals surface area contributed by atoms with Crippen molar-refractivity contribution in [3.8, 4) is 23.0 Å². The van der Waals surface area contributed by atoms with Crippen LogP contribution in [-0.4, -0.2) is 29.4 Å². The Labute approximate surface area is 156 Å². The van der Waals surface area contributed by atoms with Gasteiger partial charge in [-0.2, -0.15) is 5.10 Å². The Bertz CT molecular complexity index is 1000. The molecule has 0 aliphatic heterocycles. The second-order valence-electron chi connectivity index (χ2n) is 6.18. The maximum Gasteiger partial charge on any atom is 0.407 e. The number of benzene rings is 2. The van der Waals surface area contributed by atoms with Gasteiger partial charge in [-0.05, 0) is 22.3 Å². The van der Waals surface area contributed by atoms with Crippen LogP contribution in [0.4, 0.5) is 10.6 Å². The lowest BCUT2D eigenvalue weighted by Gasteiger charge is -2.14. The Hall–Kier alpha value is -3.72. The van der Waals surface area contributed by atoms with Gasteiger partial charge < -0.3 is 15.8 Å². The van der Waals surface area contributed by atoms with Crippen LogP contribution in [0.25, 0.3) is 11.1 Å². The number of nitrogens with one attached hydrogen (secondary N) is 2. The fourth-order valence-corrected chi connectivity index (χ4v) is 3.30. The van der Waals surface area contributed by atoms with Gasteiger partial charge in [0.05, 0.1) is 18.3 Å². The number of aromatic nitrogens is 2. The molecule has 0 spiro atoms. The number of hydrogen-bond donors (Lipinski definition) is 3. The molecule has 0 unspecified atom stereocenters. The molecule has 134 valence electrons. The van der Waals surface area contributed by atoms with Gasteiger partial charge in [-0.25, -0.2) is 4.79 Å². The van der Waals surface area contributed by atoms with Crippen LogP contribution in [0.2, 0.25) is 0 Å². The van der Waals surface area contributed by atoms with Crippen LogP contribution in [0, 0.1) is 11.8 Å². The number of carbonyl (C=O) groups is 1. The lowest BCUT2D eigenvalue weighted by molar-refractivity contribution is 0.144. The maximum absolute atomic E-state index is 12.0. The molecule has 4 rings (SSSR count). The molecule has 0 fully saturated rings. The average molecular weight is 358 g/mol. The highest BCUT2D eigenvalue weighted by Gasteiger charge is 2.28. The number of aromatic amines is 1. The highest BCUT2D eigenvalue weighted by Crippen LogP contribution is 2.44. The maximum atomic E-state index is 12.0. The largest absolute Gasteiger partial charge is 0.449 e. The van der Waals surface area contributed by atoms with Gasteiger partial charge in [0.2, 0.25) is 0 Å². The van der Waals surface area contributed by atoms with E-state index in [9.17, 15) is 4.79 Å². The third kappa shape index (κ3) is 3.35. The van der Waals surface area contributed by atoms with Crippen molar-refractivity contribution < 1.29 is 9.53 Å². The minimum atomic E-state index is -0.494. The number of alkyl carbamates (subject to hydrolysis) is 1. The third-order valence-electron chi connectivity index (χ3n) is 4.56. The first kappa shape index (κ1) is 16.7. The molecule has 0 radical (unpaired) electrons. The number of ether oxygens (including phenoxy) is 1.